The van der Waals surface area contributed by atoms with Crippen LogP contribution in [0.2, 0.25) is 0 Å². The van der Waals surface area contributed by atoms with Crippen LogP contribution < -0.4 is 0 Å². The molecule has 0 aromatic heterocycles. The van der Waals surface area contributed by atoms with Gasteiger partial charge in [-0.05, 0) is 19.8 Å². The predicted octanol–water partition coefficient (Wildman–Crippen LogP) is 3.24. The highest BCUT2D eigenvalue weighted by Crippen LogP contribution is 1.81. The van der Waals surface area contributed by atoms with Crippen molar-refractivity contribution in [2.45, 2.75) is 34.6 Å². The third-order valence-corrected chi connectivity index (χ3v) is 0.333. The average molecular weight is 114 g/mol. The van der Waals surface area contributed by atoms with E-state index in [0.717, 1.165) is 5.92 Å². The van der Waals surface area contributed by atoms with Crippen molar-refractivity contribution in [2.24, 2.45) is 5.92 Å². The van der Waals surface area contributed by atoms with Crippen molar-refractivity contribution < 1.29 is 0 Å². The first-order valence-corrected chi connectivity index (χ1v) is 3.22. The molecule has 0 spiro atoms. The molecule has 0 heterocycles. The first-order valence-electron chi connectivity index (χ1n) is 3.22. The van der Waals surface area contributed by atoms with Crippen LogP contribution in [0.5, 0.6) is 0 Å². The van der Waals surface area contributed by atoms with Gasteiger partial charge in [-0.1, -0.05) is 32.9 Å². The van der Waals surface area contributed by atoms with Gasteiger partial charge in [0.2, 0.25) is 0 Å². The van der Waals surface area contributed by atoms with Crippen LogP contribution in [0.25, 0.3) is 0 Å². The first kappa shape index (κ1) is 10.7. The highest BCUT2D eigenvalue weighted by atomic mass is 13.7. The average Bonchev–Trinajstić information content (AvgIpc) is 1.65. The minimum atomic E-state index is 0.833. The SMILES string of the molecule is C/C=C/C.CC(C)C. The van der Waals surface area contributed by atoms with Crippen LogP contribution in [-0.2, 0) is 0 Å². The molecule has 0 fully saturated rings. The predicted molar refractivity (Wildman–Crippen MR) is 41.0 cm³/mol. The molecule has 8 heavy (non-hydrogen) atoms. The Labute approximate surface area is 53.6 Å². The summed E-state index contributed by atoms with van der Waals surface area (Å²) in [4.78, 5) is 0. The van der Waals surface area contributed by atoms with Crippen molar-refractivity contribution in [1.82, 2.24) is 0 Å². The minimum Gasteiger partial charge on any atom is -0.0919 e. The lowest BCUT2D eigenvalue weighted by Crippen LogP contribution is -1.66. The molecule has 0 heteroatoms. The quantitative estimate of drug-likeness (QED) is 0.424. The van der Waals surface area contributed by atoms with Crippen LogP contribution in [0, 0.1) is 5.92 Å². The van der Waals surface area contributed by atoms with Crippen LogP contribution >= 0.6 is 0 Å². The zero-order valence-corrected chi connectivity index (χ0v) is 6.73. The van der Waals surface area contributed by atoms with Crippen LogP contribution in [0.15, 0.2) is 12.2 Å². The maximum atomic E-state index is 2.17. The molecule has 0 N–H and O–H groups in total. The van der Waals surface area contributed by atoms with Crippen LogP contribution in [-0.4, -0.2) is 0 Å². The molecule has 50 valence electrons. The Kier molecular flexibility index (Phi) is 13.2. The van der Waals surface area contributed by atoms with Gasteiger partial charge in [-0.15, -0.1) is 0 Å². The Morgan fingerprint density at radius 3 is 1.00 bits per heavy atom. The summed E-state index contributed by atoms with van der Waals surface area (Å²) < 4.78 is 0. The zero-order valence-electron chi connectivity index (χ0n) is 6.73. The van der Waals surface area contributed by atoms with Gasteiger partial charge >= 0.3 is 0 Å². The summed E-state index contributed by atoms with van der Waals surface area (Å²) in [5.74, 6) is 0.833. The van der Waals surface area contributed by atoms with E-state index in [1.54, 1.807) is 0 Å². The Balaban J connectivity index is 0. The molecule has 0 aromatic rings. The summed E-state index contributed by atoms with van der Waals surface area (Å²) >= 11 is 0. The molecule has 0 rings (SSSR count). The Hall–Kier alpha value is -0.260. The maximum absolute atomic E-state index is 2.17. The second-order valence-corrected chi connectivity index (χ2v) is 2.40. The number of rotatable bonds is 0. The molecule has 0 nitrogen and oxygen atoms in total. The van der Waals surface area contributed by atoms with Gasteiger partial charge in [-0.25, -0.2) is 0 Å². The Morgan fingerprint density at radius 2 is 1.00 bits per heavy atom. The van der Waals surface area contributed by atoms with Gasteiger partial charge in [0.1, 0.15) is 0 Å². The van der Waals surface area contributed by atoms with Gasteiger partial charge in [0.05, 0.1) is 0 Å². The third-order valence-electron chi connectivity index (χ3n) is 0.333. The van der Waals surface area contributed by atoms with Gasteiger partial charge in [-0.2, -0.15) is 0 Å². The molecule has 0 radical (unpaired) electrons. The topological polar surface area (TPSA) is 0 Å². The van der Waals surface area contributed by atoms with Crippen molar-refractivity contribution >= 4 is 0 Å². The largest absolute Gasteiger partial charge is 0.0919 e. The smallest absolute Gasteiger partial charge is 0.0470 e. The molecule has 0 unspecified atom stereocenters. The second kappa shape index (κ2) is 9.88. The number of hydrogen-bond donors (Lipinski definition) is 0. The van der Waals surface area contributed by atoms with Gasteiger partial charge in [0, 0.05) is 0 Å². The van der Waals surface area contributed by atoms with Crippen molar-refractivity contribution in [3.63, 3.8) is 0 Å². The van der Waals surface area contributed by atoms with E-state index in [4.69, 9.17) is 0 Å². The van der Waals surface area contributed by atoms with Gasteiger partial charge in [0.25, 0.3) is 0 Å². The van der Waals surface area contributed by atoms with E-state index < -0.39 is 0 Å². The molecule has 0 aliphatic heterocycles. The van der Waals surface area contributed by atoms with Crippen molar-refractivity contribution in [2.75, 3.05) is 0 Å². The molecule has 0 amide bonds. The highest BCUT2D eigenvalue weighted by molar-refractivity contribution is 4.68. The van der Waals surface area contributed by atoms with Gasteiger partial charge in [0.15, 0.2) is 0 Å². The third kappa shape index (κ3) is 236. The van der Waals surface area contributed by atoms with E-state index in [0.29, 0.717) is 0 Å². The molecular formula is C8H18. The summed E-state index contributed by atoms with van der Waals surface area (Å²) in [7, 11) is 0. The van der Waals surface area contributed by atoms with Gasteiger partial charge in [-0.3, -0.25) is 0 Å². The maximum Gasteiger partial charge on any atom is -0.0470 e. The van der Waals surface area contributed by atoms with E-state index in [1.165, 1.54) is 0 Å². The second-order valence-electron chi connectivity index (χ2n) is 2.40. The lowest BCUT2D eigenvalue weighted by atomic mass is 10.3. The van der Waals surface area contributed by atoms with Crippen LogP contribution in [0.1, 0.15) is 34.6 Å². The van der Waals surface area contributed by atoms with Crippen molar-refractivity contribution in [3.05, 3.63) is 12.2 Å². The van der Waals surface area contributed by atoms with E-state index in [2.05, 4.69) is 20.8 Å². The highest BCUT2D eigenvalue weighted by Gasteiger charge is 1.68. The lowest BCUT2D eigenvalue weighted by Gasteiger charge is -1.79. The number of allylic oxidation sites excluding steroid dienone is 2. The molecule has 0 aromatic carbocycles. The van der Waals surface area contributed by atoms with Gasteiger partial charge < -0.3 is 0 Å². The summed E-state index contributed by atoms with van der Waals surface area (Å²) in [5.41, 5.74) is 0. The lowest BCUT2D eigenvalue weighted by molar-refractivity contribution is 0.737. The summed E-state index contributed by atoms with van der Waals surface area (Å²) in [5, 5.41) is 0. The summed E-state index contributed by atoms with van der Waals surface area (Å²) in [6.07, 6.45) is 4.00. The first-order chi connectivity index (χ1) is 3.65. The molecule has 0 saturated carbocycles. The number of hydrogen-bond acceptors (Lipinski definition) is 0. The van der Waals surface area contributed by atoms with E-state index in [1.807, 2.05) is 26.0 Å². The molecule has 0 bridgehead atoms. The van der Waals surface area contributed by atoms with E-state index >= 15 is 0 Å². The monoisotopic (exact) mass is 114 g/mol. The minimum absolute atomic E-state index is 0.833. The molecule has 0 aliphatic rings. The summed E-state index contributed by atoms with van der Waals surface area (Å²) in [6, 6.07) is 0. The van der Waals surface area contributed by atoms with E-state index in [-0.39, 0.29) is 0 Å². The Morgan fingerprint density at radius 1 is 0.875 bits per heavy atom. The molecule has 0 saturated heterocycles. The zero-order chi connectivity index (χ0) is 6.99. The molecular weight excluding hydrogens is 96.1 g/mol. The van der Waals surface area contributed by atoms with Crippen molar-refractivity contribution in [3.8, 4) is 0 Å². The fraction of sp³-hybridized carbons (Fsp3) is 0.750. The molecule has 0 aliphatic carbocycles. The fourth-order valence-corrected chi connectivity index (χ4v) is 0. The summed E-state index contributed by atoms with van der Waals surface area (Å²) in [6.45, 7) is 10.5. The Bertz CT molecular complexity index is 35.2. The normalized spacial score (nSPS) is 9.25. The van der Waals surface area contributed by atoms with Crippen LogP contribution in [0.4, 0.5) is 0 Å². The van der Waals surface area contributed by atoms with E-state index in [9.17, 15) is 0 Å². The van der Waals surface area contributed by atoms with Crippen molar-refractivity contribution in [1.29, 1.82) is 0 Å². The standard InChI is InChI=1S/C4H10.C4H8/c1-4(2)3;1-3-4-2/h4H,1-3H3;3-4H,1-2H3/b;4-3+. The fourth-order valence-electron chi connectivity index (χ4n) is 0. The molecule has 0 atom stereocenters. The van der Waals surface area contributed by atoms with Crippen LogP contribution in [0.3, 0.4) is 0 Å².